The van der Waals surface area contributed by atoms with Gasteiger partial charge < -0.3 is 19.9 Å². The summed E-state index contributed by atoms with van der Waals surface area (Å²) in [6.45, 7) is 4.52. The SMILES string of the molecule is CCOc1ccc(C#Cc2ccc(OC[C@H](C)NC(=O)O)cc2)nc1. The summed E-state index contributed by atoms with van der Waals surface area (Å²) in [7, 11) is 0. The lowest BCUT2D eigenvalue weighted by Gasteiger charge is -2.12. The molecule has 0 aliphatic heterocycles. The van der Waals surface area contributed by atoms with Crippen LogP contribution in [-0.2, 0) is 0 Å². The lowest BCUT2D eigenvalue weighted by atomic mass is 10.2. The van der Waals surface area contributed by atoms with E-state index in [4.69, 9.17) is 14.6 Å². The summed E-state index contributed by atoms with van der Waals surface area (Å²) in [5.41, 5.74) is 1.50. The van der Waals surface area contributed by atoms with Crippen LogP contribution in [0.4, 0.5) is 4.79 Å². The van der Waals surface area contributed by atoms with Gasteiger partial charge in [0.05, 0.1) is 18.8 Å². The zero-order valence-corrected chi connectivity index (χ0v) is 14.2. The molecule has 0 unspecified atom stereocenters. The van der Waals surface area contributed by atoms with Gasteiger partial charge in [0, 0.05) is 5.56 Å². The van der Waals surface area contributed by atoms with Gasteiger partial charge >= 0.3 is 6.09 Å². The van der Waals surface area contributed by atoms with Crippen molar-refractivity contribution in [3.05, 3.63) is 53.9 Å². The molecule has 6 nitrogen and oxygen atoms in total. The molecule has 6 heteroatoms. The lowest BCUT2D eigenvalue weighted by Crippen LogP contribution is -2.35. The Hall–Kier alpha value is -3.20. The van der Waals surface area contributed by atoms with Crippen LogP contribution in [0.3, 0.4) is 0 Å². The highest BCUT2D eigenvalue weighted by Gasteiger charge is 2.05. The summed E-state index contributed by atoms with van der Waals surface area (Å²) in [5.74, 6) is 7.40. The van der Waals surface area contributed by atoms with Crippen molar-refractivity contribution < 1.29 is 19.4 Å². The number of rotatable bonds is 6. The third-order valence-electron chi connectivity index (χ3n) is 3.11. The van der Waals surface area contributed by atoms with Gasteiger partial charge in [0.15, 0.2) is 0 Å². The van der Waals surface area contributed by atoms with E-state index >= 15 is 0 Å². The van der Waals surface area contributed by atoms with Crippen LogP contribution in [0.5, 0.6) is 11.5 Å². The van der Waals surface area contributed by atoms with Gasteiger partial charge in [-0.25, -0.2) is 9.78 Å². The summed E-state index contributed by atoms with van der Waals surface area (Å²) in [6.07, 6.45) is 0.584. The Morgan fingerprint density at radius 1 is 1.16 bits per heavy atom. The maximum Gasteiger partial charge on any atom is 0.404 e. The van der Waals surface area contributed by atoms with Gasteiger partial charge in [-0.3, -0.25) is 0 Å². The molecule has 25 heavy (non-hydrogen) atoms. The number of ether oxygens (including phenoxy) is 2. The van der Waals surface area contributed by atoms with Crippen molar-refractivity contribution in [3.63, 3.8) is 0 Å². The van der Waals surface area contributed by atoms with Gasteiger partial charge in [-0.05, 0) is 56.2 Å². The maximum atomic E-state index is 10.5. The van der Waals surface area contributed by atoms with Crippen molar-refractivity contribution in [3.8, 4) is 23.3 Å². The van der Waals surface area contributed by atoms with E-state index in [2.05, 4.69) is 22.1 Å². The molecule has 2 aromatic rings. The summed E-state index contributed by atoms with van der Waals surface area (Å²) in [5, 5.41) is 10.9. The Kier molecular flexibility index (Phi) is 6.66. The molecule has 0 saturated carbocycles. The van der Waals surface area contributed by atoms with Gasteiger partial charge in [-0.15, -0.1) is 0 Å². The fourth-order valence-corrected chi connectivity index (χ4v) is 1.95. The minimum atomic E-state index is -1.07. The molecule has 1 aromatic heterocycles. The van der Waals surface area contributed by atoms with E-state index in [1.807, 2.05) is 31.2 Å². The zero-order chi connectivity index (χ0) is 18.1. The third-order valence-corrected chi connectivity index (χ3v) is 3.11. The van der Waals surface area contributed by atoms with Gasteiger partial charge in [-0.1, -0.05) is 5.92 Å². The molecule has 1 atom stereocenters. The molecule has 0 spiro atoms. The largest absolute Gasteiger partial charge is 0.492 e. The van der Waals surface area contributed by atoms with Crippen molar-refractivity contribution in [2.45, 2.75) is 19.9 Å². The van der Waals surface area contributed by atoms with Gasteiger partial charge in [0.25, 0.3) is 0 Å². The molecular weight excluding hydrogens is 320 g/mol. The average Bonchev–Trinajstić information content (AvgIpc) is 2.60. The number of hydrogen-bond acceptors (Lipinski definition) is 4. The molecular formula is C19H20N2O4. The van der Waals surface area contributed by atoms with E-state index in [1.165, 1.54) is 0 Å². The monoisotopic (exact) mass is 340 g/mol. The van der Waals surface area contributed by atoms with E-state index in [-0.39, 0.29) is 12.6 Å². The summed E-state index contributed by atoms with van der Waals surface area (Å²) in [6, 6.07) is 10.6. The molecule has 0 saturated heterocycles. The minimum absolute atomic E-state index is 0.257. The minimum Gasteiger partial charge on any atom is -0.492 e. The summed E-state index contributed by atoms with van der Waals surface area (Å²) in [4.78, 5) is 14.7. The van der Waals surface area contributed by atoms with E-state index in [1.54, 1.807) is 25.3 Å². The number of nitrogens with one attached hydrogen (secondary N) is 1. The number of amides is 1. The second-order valence-electron chi connectivity index (χ2n) is 5.25. The van der Waals surface area contributed by atoms with Crippen LogP contribution < -0.4 is 14.8 Å². The molecule has 130 valence electrons. The number of pyridine rings is 1. The Balaban J connectivity index is 1.91. The second kappa shape index (κ2) is 9.18. The van der Waals surface area contributed by atoms with Gasteiger partial charge in [0.2, 0.25) is 0 Å². The first-order valence-corrected chi connectivity index (χ1v) is 7.90. The normalized spacial score (nSPS) is 11.0. The highest BCUT2D eigenvalue weighted by atomic mass is 16.5. The van der Waals surface area contributed by atoms with Crippen molar-refractivity contribution in [1.82, 2.24) is 10.3 Å². The van der Waals surface area contributed by atoms with Crippen LogP contribution in [0.1, 0.15) is 25.1 Å². The molecule has 1 amide bonds. The smallest absolute Gasteiger partial charge is 0.404 e. The maximum absolute atomic E-state index is 10.5. The molecule has 2 N–H and O–H groups in total. The quantitative estimate of drug-likeness (QED) is 0.790. The van der Waals surface area contributed by atoms with Crippen LogP contribution in [0.25, 0.3) is 0 Å². The lowest BCUT2D eigenvalue weighted by molar-refractivity contribution is 0.183. The molecule has 0 radical (unpaired) electrons. The number of carboxylic acid groups (broad SMARTS) is 1. The summed E-state index contributed by atoms with van der Waals surface area (Å²) < 4.78 is 10.9. The van der Waals surface area contributed by atoms with Crippen molar-refractivity contribution in [2.75, 3.05) is 13.2 Å². The summed E-state index contributed by atoms with van der Waals surface area (Å²) >= 11 is 0. The zero-order valence-electron chi connectivity index (χ0n) is 14.2. The van der Waals surface area contributed by atoms with E-state index in [0.717, 1.165) is 11.3 Å². The van der Waals surface area contributed by atoms with Crippen LogP contribution in [0.2, 0.25) is 0 Å². The number of carbonyl (C=O) groups is 1. The first kappa shape index (κ1) is 18.1. The number of nitrogens with zero attached hydrogens (tertiary/aromatic N) is 1. The fourth-order valence-electron chi connectivity index (χ4n) is 1.95. The number of aromatic nitrogens is 1. The highest BCUT2D eigenvalue weighted by Crippen LogP contribution is 2.12. The van der Waals surface area contributed by atoms with Crippen molar-refractivity contribution >= 4 is 6.09 Å². The molecule has 1 heterocycles. The number of hydrogen-bond donors (Lipinski definition) is 2. The second-order valence-corrected chi connectivity index (χ2v) is 5.25. The van der Waals surface area contributed by atoms with Crippen LogP contribution in [0, 0.1) is 11.8 Å². The van der Waals surface area contributed by atoms with Crippen molar-refractivity contribution in [1.29, 1.82) is 0 Å². The van der Waals surface area contributed by atoms with E-state index in [9.17, 15) is 4.79 Å². The first-order chi connectivity index (χ1) is 12.1. The Labute approximate surface area is 146 Å². The molecule has 0 aliphatic carbocycles. The molecule has 0 fully saturated rings. The average molecular weight is 340 g/mol. The van der Waals surface area contributed by atoms with Crippen LogP contribution >= 0.6 is 0 Å². The van der Waals surface area contributed by atoms with Crippen LogP contribution in [0.15, 0.2) is 42.6 Å². The highest BCUT2D eigenvalue weighted by molar-refractivity contribution is 5.64. The molecule has 1 aromatic carbocycles. The van der Waals surface area contributed by atoms with E-state index in [0.29, 0.717) is 18.1 Å². The predicted molar refractivity (Wildman–Crippen MR) is 93.9 cm³/mol. The molecule has 0 aliphatic rings. The fraction of sp³-hybridized carbons (Fsp3) is 0.263. The van der Waals surface area contributed by atoms with Crippen molar-refractivity contribution in [2.24, 2.45) is 0 Å². The Morgan fingerprint density at radius 2 is 1.88 bits per heavy atom. The first-order valence-electron chi connectivity index (χ1n) is 7.90. The molecule has 0 bridgehead atoms. The van der Waals surface area contributed by atoms with Gasteiger partial charge in [-0.2, -0.15) is 0 Å². The Morgan fingerprint density at radius 3 is 2.48 bits per heavy atom. The Bertz CT molecular complexity index is 746. The number of benzene rings is 1. The molecule has 2 rings (SSSR count). The van der Waals surface area contributed by atoms with Crippen LogP contribution in [-0.4, -0.2) is 35.4 Å². The third kappa shape index (κ3) is 6.43. The van der Waals surface area contributed by atoms with E-state index < -0.39 is 6.09 Å². The topological polar surface area (TPSA) is 80.7 Å². The standard InChI is InChI=1S/C19H20N2O4/c1-3-24-18-11-8-16(20-12-18)7-4-15-5-9-17(10-6-15)25-13-14(2)21-19(22)23/h5-6,8-12,14,21H,3,13H2,1-2H3,(H,22,23)/t14-/m0/s1. The van der Waals surface area contributed by atoms with Gasteiger partial charge in [0.1, 0.15) is 23.8 Å². The predicted octanol–water partition coefficient (Wildman–Crippen LogP) is 2.92.